The summed E-state index contributed by atoms with van der Waals surface area (Å²) in [5.74, 6) is -1.29. The van der Waals surface area contributed by atoms with Crippen LogP contribution in [-0.4, -0.2) is 42.3 Å². The van der Waals surface area contributed by atoms with Crippen LogP contribution in [0, 0.1) is 0 Å². The molecule has 0 bridgehead atoms. The van der Waals surface area contributed by atoms with Crippen molar-refractivity contribution < 1.29 is 24.2 Å². The minimum atomic E-state index is -0.906. The number of benzene rings is 2. The lowest BCUT2D eigenvalue weighted by Gasteiger charge is -2.19. The van der Waals surface area contributed by atoms with Crippen LogP contribution in [0.15, 0.2) is 48.5 Å². The van der Waals surface area contributed by atoms with Crippen molar-refractivity contribution in [3.63, 3.8) is 0 Å². The highest BCUT2D eigenvalue weighted by atomic mass is 16.5. The quantitative estimate of drug-likeness (QED) is 0.505. The molecule has 0 unspecified atom stereocenters. The monoisotopic (exact) mass is 424 g/mol. The Balaban J connectivity index is 1.57. The number of hydrogen-bond donors (Lipinski definition) is 3. The van der Waals surface area contributed by atoms with Gasteiger partial charge in [-0.05, 0) is 35.1 Å². The third kappa shape index (κ3) is 5.63. The Morgan fingerprint density at radius 3 is 2.23 bits per heavy atom. The zero-order valence-corrected chi connectivity index (χ0v) is 17.6. The van der Waals surface area contributed by atoms with Crippen LogP contribution in [0.5, 0.6) is 0 Å². The lowest BCUT2D eigenvalue weighted by Crippen LogP contribution is -2.47. The lowest BCUT2D eigenvalue weighted by atomic mass is 9.98. The SMILES string of the molecule is CCC[C@H](NC(=O)OCC1c2ccccc2-c2ccccc21)C(=O)NCCCC(=O)O. The van der Waals surface area contributed by atoms with E-state index >= 15 is 0 Å². The first-order valence-corrected chi connectivity index (χ1v) is 10.6. The molecule has 31 heavy (non-hydrogen) atoms. The van der Waals surface area contributed by atoms with E-state index < -0.39 is 18.1 Å². The summed E-state index contributed by atoms with van der Waals surface area (Å²) in [6, 6.07) is 15.5. The van der Waals surface area contributed by atoms with Gasteiger partial charge in [0, 0.05) is 18.9 Å². The summed E-state index contributed by atoms with van der Waals surface area (Å²) < 4.78 is 5.52. The average molecular weight is 424 g/mol. The molecular formula is C24H28N2O5. The molecule has 1 aliphatic carbocycles. The van der Waals surface area contributed by atoms with Gasteiger partial charge in [-0.2, -0.15) is 0 Å². The van der Waals surface area contributed by atoms with Crippen LogP contribution < -0.4 is 10.6 Å². The van der Waals surface area contributed by atoms with Crippen molar-refractivity contribution in [1.82, 2.24) is 10.6 Å². The molecule has 2 amide bonds. The van der Waals surface area contributed by atoms with E-state index in [1.807, 2.05) is 43.3 Å². The minimum Gasteiger partial charge on any atom is -0.481 e. The Morgan fingerprint density at radius 2 is 1.65 bits per heavy atom. The predicted octanol–water partition coefficient (Wildman–Crippen LogP) is 3.67. The minimum absolute atomic E-state index is 0.0153. The summed E-state index contributed by atoms with van der Waals surface area (Å²) in [6.45, 7) is 2.35. The second kappa shape index (κ2) is 10.6. The molecule has 164 valence electrons. The van der Waals surface area contributed by atoms with Crippen molar-refractivity contribution in [2.24, 2.45) is 0 Å². The van der Waals surface area contributed by atoms with Crippen molar-refractivity contribution in [1.29, 1.82) is 0 Å². The van der Waals surface area contributed by atoms with Crippen molar-refractivity contribution in [3.05, 3.63) is 59.7 Å². The molecule has 1 aliphatic rings. The second-order valence-electron chi connectivity index (χ2n) is 7.60. The number of carbonyl (C=O) groups is 3. The number of nitrogens with one attached hydrogen (secondary N) is 2. The summed E-state index contributed by atoms with van der Waals surface area (Å²) in [5, 5.41) is 14.0. The number of carbonyl (C=O) groups excluding carboxylic acids is 2. The number of carboxylic acids is 1. The third-order valence-corrected chi connectivity index (χ3v) is 5.40. The van der Waals surface area contributed by atoms with E-state index in [0.717, 1.165) is 22.3 Å². The molecular weight excluding hydrogens is 396 g/mol. The first kappa shape index (κ1) is 22.3. The van der Waals surface area contributed by atoms with E-state index in [4.69, 9.17) is 9.84 Å². The summed E-state index contributed by atoms with van der Waals surface area (Å²) in [7, 11) is 0. The van der Waals surface area contributed by atoms with E-state index in [0.29, 0.717) is 19.3 Å². The summed E-state index contributed by atoms with van der Waals surface area (Å²) in [6.07, 6.45) is 0.857. The standard InChI is InChI=1S/C24H28N2O5/c1-2-8-21(23(29)25-14-7-13-22(27)28)26-24(30)31-15-20-18-11-5-3-9-16(18)17-10-4-6-12-19(17)20/h3-6,9-12,20-21H,2,7-8,13-15H2,1H3,(H,25,29)(H,26,30)(H,27,28)/t21-/m0/s1. The molecule has 0 aliphatic heterocycles. The summed E-state index contributed by atoms with van der Waals surface area (Å²) in [4.78, 5) is 35.4. The number of aliphatic carboxylic acids is 1. The predicted molar refractivity (Wildman–Crippen MR) is 117 cm³/mol. The van der Waals surface area contributed by atoms with Gasteiger partial charge in [-0.3, -0.25) is 9.59 Å². The van der Waals surface area contributed by atoms with Gasteiger partial charge in [-0.25, -0.2) is 4.79 Å². The Labute approximate surface area is 181 Å². The van der Waals surface area contributed by atoms with E-state index in [-0.39, 0.29) is 31.4 Å². The van der Waals surface area contributed by atoms with Gasteiger partial charge in [-0.1, -0.05) is 61.9 Å². The number of ether oxygens (including phenoxy) is 1. The maximum atomic E-state index is 12.4. The average Bonchev–Trinajstić information content (AvgIpc) is 3.08. The Bertz CT molecular complexity index is 898. The van der Waals surface area contributed by atoms with Crippen LogP contribution in [0.25, 0.3) is 11.1 Å². The molecule has 3 rings (SSSR count). The maximum absolute atomic E-state index is 12.4. The van der Waals surface area contributed by atoms with Crippen LogP contribution in [-0.2, 0) is 14.3 Å². The number of rotatable bonds is 10. The fraction of sp³-hybridized carbons (Fsp3) is 0.375. The molecule has 0 aromatic heterocycles. The number of fused-ring (bicyclic) bond motifs is 3. The van der Waals surface area contributed by atoms with Crippen molar-refractivity contribution in [2.45, 2.75) is 44.6 Å². The highest BCUT2D eigenvalue weighted by Crippen LogP contribution is 2.44. The molecule has 7 nitrogen and oxygen atoms in total. The number of hydrogen-bond acceptors (Lipinski definition) is 4. The number of amides is 2. The fourth-order valence-corrected chi connectivity index (χ4v) is 3.91. The molecule has 7 heteroatoms. The smallest absolute Gasteiger partial charge is 0.407 e. The lowest BCUT2D eigenvalue weighted by molar-refractivity contribution is -0.137. The second-order valence-corrected chi connectivity index (χ2v) is 7.60. The first-order valence-electron chi connectivity index (χ1n) is 10.6. The van der Waals surface area contributed by atoms with Crippen LogP contribution in [0.1, 0.15) is 49.7 Å². The van der Waals surface area contributed by atoms with Gasteiger partial charge >= 0.3 is 12.1 Å². The van der Waals surface area contributed by atoms with Gasteiger partial charge in [-0.15, -0.1) is 0 Å². The Kier molecular flexibility index (Phi) is 7.65. The number of carboxylic acid groups (broad SMARTS) is 1. The van der Waals surface area contributed by atoms with Gasteiger partial charge in [0.1, 0.15) is 12.6 Å². The Morgan fingerprint density at radius 1 is 1.03 bits per heavy atom. The van der Waals surface area contributed by atoms with E-state index in [1.165, 1.54) is 0 Å². The van der Waals surface area contributed by atoms with Crippen LogP contribution in [0.4, 0.5) is 4.79 Å². The highest BCUT2D eigenvalue weighted by Gasteiger charge is 2.29. The normalized spacial score (nSPS) is 13.1. The molecule has 0 saturated heterocycles. The van der Waals surface area contributed by atoms with Gasteiger partial charge in [0.25, 0.3) is 0 Å². The highest BCUT2D eigenvalue weighted by molar-refractivity contribution is 5.85. The van der Waals surface area contributed by atoms with Gasteiger partial charge < -0.3 is 20.5 Å². The summed E-state index contributed by atoms with van der Waals surface area (Å²) >= 11 is 0. The Hall–Kier alpha value is -3.35. The number of alkyl carbamates (subject to hydrolysis) is 1. The first-order chi connectivity index (χ1) is 15.0. The molecule has 0 fully saturated rings. The summed E-state index contributed by atoms with van der Waals surface area (Å²) in [5.41, 5.74) is 4.55. The maximum Gasteiger partial charge on any atom is 0.407 e. The zero-order valence-electron chi connectivity index (χ0n) is 17.6. The zero-order chi connectivity index (χ0) is 22.2. The van der Waals surface area contributed by atoms with Crippen LogP contribution >= 0.6 is 0 Å². The van der Waals surface area contributed by atoms with Crippen molar-refractivity contribution in [2.75, 3.05) is 13.2 Å². The molecule has 0 heterocycles. The molecule has 2 aromatic carbocycles. The van der Waals surface area contributed by atoms with Crippen LogP contribution in [0.2, 0.25) is 0 Å². The van der Waals surface area contributed by atoms with Gasteiger partial charge in [0.15, 0.2) is 0 Å². The van der Waals surface area contributed by atoms with Crippen molar-refractivity contribution in [3.8, 4) is 11.1 Å². The molecule has 0 radical (unpaired) electrons. The molecule has 3 N–H and O–H groups in total. The largest absolute Gasteiger partial charge is 0.481 e. The van der Waals surface area contributed by atoms with Gasteiger partial charge in [0.2, 0.25) is 5.91 Å². The van der Waals surface area contributed by atoms with E-state index in [9.17, 15) is 14.4 Å². The van der Waals surface area contributed by atoms with Crippen molar-refractivity contribution >= 4 is 18.0 Å². The molecule has 1 atom stereocenters. The van der Waals surface area contributed by atoms with Gasteiger partial charge in [0.05, 0.1) is 0 Å². The fourth-order valence-electron chi connectivity index (χ4n) is 3.91. The van der Waals surface area contributed by atoms with E-state index in [1.54, 1.807) is 0 Å². The third-order valence-electron chi connectivity index (χ3n) is 5.40. The van der Waals surface area contributed by atoms with Crippen LogP contribution in [0.3, 0.4) is 0 Å². The molecule has 2 aromatic rings. The topological polar surface area (TPSA) is 105 Å². The van der Waals surface area contributed by atoms with E-state index in [2.05, 4.69) is 22.8 Å². The molecule has 0 saturated carbocycles. The molecule has 0 spiro atoms.